The van der Waals surface area contributed by atoms with Crippen LogP contribution in [0.15, 0.2) is 58.5 Å². The van der Waals surface area contributed by atoms with Gasteiger partial charge in [0.1, 0.15) is 24.8 Å². The Balaban J connectivity index is 2.36. The molecule has 2 aromatic rings. The number of methoxy groups -OCH3 is 1. The van der Waals surface area contributed by atoms with Gasteiger partial charge >= 0.3 is 0 Å². The maximum Gasteiger partial charge on any atom is 0.127 e. The third kappa shape index (κ3) is 5.00. The lowest BCUT2D eigenvalue weighted by molar-refractivity contribution is 0.244. The highest BCUT2D eigenvalue weighted by molar-refractivity contribution is 5.88. The van der Waals surface area contributed by atoms with Crippen molar-refractivity contribution in [2.24, 2.45) is 15.7 Å². The van der Waals surface area contributed by atoms with E-state index in [0.717, 1.165) is 11.1 Å². The Morgan fingerprint density at radius 2 is 1.52 bits per heavy atom. The molecule has 0 aliphatic heterocycles. The summed E-state index contributed by atoms with van der Waals surface area (Å²) >= 11 is 0. The molecule has 0 fully saturated rings. The highest BCUT2D eigenvalue weighted by Crippen LogP contribution is 2.26. The fourth-order valence-electron chi connectivity index (χ4n) is 2.20. The molecule has 0 spiro atoms. The zero-order chi connectivity index (χ0) is 18.1. The van der Waals surface area contributed by atoms with E-state index in [0.29, 0.717) is 17.0 Å². The van der Waals surface area contributed by atoms with Crippen molar-refractivity contribution in [2.75, 3.05) is 13.7 Å². The van der Waals surface area contributed by atoms with Crippen molar-refractivity contribution in [2.45, 2.75) is 6.04 Å². The van der Waals surface area contributed by atoms with Crippen molar-refractivity contribution in [3.63, 3.8) is 0 Å². The van der Waals surface area contributed by atoms with Gasteiger partial charge in [-0.3, -0.25) is 4.99 Å². The Labute approximate surface area is 146 Å². The molecule has 2 rings (SSSR count). The maximum absolute atomic E-state index is 8.94. The van der Waals surface area contributed by atoms with Crippen molar-refractivity contribution in [1.82, 2.24) is 0 Å². The number of amidine groups is 1. The van der Waals surface area contributed by atoms with Crippen molar-refractivity contribution in [1.29, 1.82) is 10.5 Å². The number of nitrogens with two attached hydrogens (primary N) is 1. The van der Waals surface area contributed by atoms with Crippen molar-refractivity contribution in [3.05, 3.63) is 70.8 Å². The van der Waals surface area contributed by atoms with Gasteiger partial charge in [-0.2, -0.15) is 10.5 Å². The zero-order valence-electron chi connectivity index (χ0n) is 13.8. The van der Waals surface area contributed by atoms with E-state index in [1.165, 1.54) is 13.4 Å². The molecule has 0 heterocycles. The molecule has 6 nitrogen and oxygen atoms in total. The van der Waals surface area contributed by atoms with Crippen LogP contribution in [0.25, 0.3) is 0 Å². The van der Waals surface area contributed by atoms with E-state index in [-0.39, 0.29) is 12.6 Å². The molecule has 0 bridgehead atoms. The second-order valence-corrected chi connectivity index (χ2v) is 5.19. The summed E-state index contributed by atoms with van der Waals surface area (Å²) in [5.41, 5.74) is 8.65. The number of nitriles is 2. The molecule has 0 radical (unpaired) electrons. The van der Waals surface area contributed by atoms with Crippen molar-refractivity contribution in [3.8, 4) is 12.1 Å². The summed E-state index contributed by atoms with van der Waals surface area (Å²) in [6, 6.07) is 18.2. The highest BCUT2D eigenvalue weighted by atomic mass is 16.5. The van der Waals surface area contributed by atoms with E-state index in [2.05, 4.69) is 22.1 Å². The van der Waals surface area contributed by atoms with Crippen LogP contribution in [0.3, 0.4) is 0 Å². The van der Waals surface area contributed by atoms with Gasteiger partial charge in [0.25, 0.3) is 0 Å². The molecular weight excluding hydrogens is 314 g/mol. The first-order valence-electron chi connectivity index (χ1n) is 7.50. The zero-order valence-corrected chi connectivity index (χ0v) is 13.8. The first kappa shape index (κ1) is 17.9. The molecule has 6 heteroatoms. The van der Waals surface area contributed by atoms with Gasteiger partial charge in [-0.05, 0) is 35.4 Å². The number of nitrogens with zero attached hydrogens (tertiary/aromatic N) is 4. The third-order valence-corrected chi connectivity index (χ3v) is 3.44. The lowest BCUT2D eigenvalue weighted by Gasteiger charge is -2.13. The van der Waals surface area contributed by atoms with E-state index >= 15 is 0 Å². The molecule has 0 amide bonds. The SMILES string of the molecule is COCC(N)=NC=NC(c1ccc(C#N)cc1)c1ccc(C#N)cc1. The maximum atomic E-state index is 8.94. The largest absolute Gasteiger partial charge is 0.385 e. The van der Waals surface area contributed by atoms with Crippen molar-refractivity contribution < 1.29 is 4.74 Å². The predicted molar refractivity (Wildman–Crippen MR) is 96.1 cm³/mol. The lowest BCUT2D eigenvalue weighted by atomic mass is 9.97. The van der Waals surface area contributed by atoms with E-state index < -0.39 is 0 Å². The molecule has 0 aliphatic carbocycles. The normalized spacial score (nSPS) is 11.4. The van der Waals surface area contributed by atoms with Gasteiger partial charge in [0.15, 0.2) is 0 Å². The van der Waals surface area contributed by atoms with Gasteiger partial charge in [-0.25, -0.2) is 4.99 Å². The van der Waals surface area contributed by atoms with Crippen LogP contribution in [0.2, 0.25) is 0 Å². The minimum Gasteiger partial charge on any atom is -0.385 e. The summed E-state index contributed by atoms with van der Waals surface area (Å²) in [5.74, 6) is 0.324. The van der Waals surface area contributed by atoms with Crippen LogP contribution < -0.4 is 5.73 Å². The Hall–Kier alpha value is -3.48. The summed E-state index contributed by atoms with van der Waals surface area (Å²) in [4.78, 5) is 8.53. The first-order valence-corrected chi connectivity index (χ1v) is 7.50. The van der Waals surface area contributed by atoms with Crippen LogP contribution in [0.1, 0.15) is 28.3 Å². The highest BCUT2D eigenvalue weighted by Gasteiger charge is 2.12. The van der Waals surface area contributed by atoms with Crippen molar-refractivity contribution >= 4 is 12.2 Å². The predicted octanol–water partition coefficient (Wildman–Crippen LogP) is 2.55. The lowest BCUT2D eigenvalue weighted by Crippen LogP contribution is -2.18. The summed E-state index contributed by atoms with van der Waals surface area (Å²) < 4.78 is 4.90. The van der Waals surface area contributed by atoms with Gasteiger partial charge in [0, 0.05) is 7.11 Å². The standard InChI is InChI=1S/C19H17N5O/c1-25-12-18(22)23-13-24-19(16-6-2-14(10-20)3-7-16)17-8-4-15(11-21)5-9-17/h2-9,13,19H,12H2,1H3,(H2,22,23,24). The van der Waals surface area contributed by atoms with Crippen LogP contribution >= 0.6 is 0 Å². The smallest absolute Gasteiger partial charge is 0.127 e. The van der Waals surface area contributed by atoms with Gasteiger partial charge in [-0.15, -0.1) is 0 Å². The van der Waals surface area contributed by atoms with Gasteiger partial charge in [-0.1, -0.05) is 24.3 Å². The van der Waals surface area contributed by atoms with Crippen LogP contribution in [-0.4, -0.2) is 25.9 Å². The summed E-state index contributed by atoms with van der Waals surface area (Å²) in [7, 11) is 1.54. The second kappa shape index (κ2) is 8.97. The molecule has 124 valence electrons. The fourth-order valence-corrected chi connectivity index (χ4v) is 2.20. The summed E-state index contributed by atoms with van der Waals surface area (Å²) in [6.07, 6.45) is 1.40. The average Bonchev–Trinajstić information content (AvgIpc) is 2.66. The van der Waals surface area contributed by atoms with Crippen LogP contribution in [-0.2, 0) is 4.74 Å². The molecule has 0 aromatic heterocycles. The number of benzene rings is 2. The topological polar surface area (TPSA) is 108 Å². The fraction of sp³-hybridized carbons (Fsp3) is 0.158. The van der Waals surface area contributed by atoms with E-state index in [4.69, 9.17) is 21.0 Å². The van der Waals surface area contributed by atoms with Crippen LogP contribution in [0.4, 0.5) is 0 Å². The number of aliphatic imine (C=N–C) groups is 2. The minimum absolute atomic E-state index is 0.227. The third-order valence-electron chi connectivity index (χ3n) is 3.44. The quantitative estimate of drug-likeness (QED) is 0.648. The monoisotopic (exact) mass is 331 g/mol. The minimum atomic E-state index is -0.320. The van der Waals surface area contributed by atoms with Gasteiger partial charge < -0.3 is 10.5 Å². The second-order valence-electron chi connectivity index (χ2n) is 5.19. The Bertz CT molecular complexity index is 782. The van der Waals surface area contributed by atoms with E-state index in [1.807, 2.05) is 24.3 Å². The van der Waals surface area contributed by atoms with Crippen LogP contribution in [0.5, 0.6) is 0 Å². The molecule has 25 heavy (non-hydrogen) atoms. The summed E-state index contributed by atoms with van der Waals surface area (Å²) in [6.45, 7) is 0.227. The molecule has 0 saturated heterocycles. The van der Waals surface area contributed by atoms with E-state index in [1.54, 1.807) is 24.3 Å². The summed E-state index contributed by atoms with van der Waals surface area (Å²) in [5, 5.41) is 17.9. The number of ether oxygens (including phenoxy) is 1. The first-order chi connectivity index (χ1) is 12.2. The molecule has 0 atom stereocenters. The molecule has 2 N–H and O–H groups in total. The number of hydrogen-bond acceptors (Lipinski definition) is 4. The number of hydrogen-bond donors (Lipinski definition) is 1. The average molecular weight is 331 g/mol. The molecular formula is C19H17N5O. The molecule has 0 unspecified atom stereocenters. The van der Waals surface area contributed by atoms with E-state index in [9.17, 15) is 0 Å². The van der Waals surface area contributed by atoms with Crippen LogP contribution in [0, 0.1) is 22.7 Å². The Kier molecular flexibility index (Phi) is 6.41. The van der Waals surface area contributed by atoms with Gasteiger partial charge in [0.05, 0.1) is 23.3 Å². The Morgan fingerprint density at radius 3 is 1.92 bits per heavy atom. The molecule has 2 aromatic carbocycles. The van der Waals surface area contributed by atoms with Gasteiger partial charge in [0.2, 0.25) is 0 Å². The number of rotatable bonds is 6. The molecule has 0 saturated carbocycles. The Morgan fingerprint density at radius 1 is 1.04 bits per heavy atom. The molecule has 0 aliphatic rings.